The van der Waals surface area contributed by atoms with E-state index in [4.69, 9.17) is 4.74 Å². The van der Waals surface area contributed by atoms with Gasteiger partial charge in [0.05, 0.1) is 5.92 Å². The molecule has 1 aliphatic carbocycles. The Morgan fingerprint density at radius 3 is 1.93 bits per heavy atom. The first kappa shape index (κ1) is 22.0. The molecule has 0 N–H and O–H groups in total. The van der Waals surface area contributed by atoms with Crippen LogP contribution in [0.25, 0.3) is 0 Å². The smallest absolute Gasteiger partial charge is 0.426 e. The van der Waals surface area contributed by atoms with E-state index in [1.54, 1.807) is 0 Å². The van der Waals surface area contributed by atoms with Crippen molar-refractivity contribution in [2.24, 2.45) is 5.92 Å². The third-order valence-corrected chi connectivity index (χ3v) is 4.18. The molecular formula is C17H15F7O4. The fourth-order valence-corrected chi connectivity index (χ4v) is 2.62. The predicted octanol–water partition coefficient (Wildman–Crippen LogP) is 4.91. The van der Waals surface area contributed by atoms with Gasteiger partial charge in [-0.25, -0.2) is 4.79 Å². The summed E-state index contributed by atoms with van der Waals surface area (Å²) in [4.78, 5) is 23.3. The summed E-state index contributed by atoms with van der Waals surface area (Å²) in [6, 6.07) is 3.92. The van der Waals surface area contributed by atoms with Crippen LogP contribution in [0.3, 0.4) is 0 Å². The minimum Gasteiger partial charge on any atom is -0.426 e. The van der Waals surface area contributed by atoms with Gasteiger partial charge >= 0.3 is 30.0 Å². The fourth-order valence-electron chi connectivity index (χ4n) is 2.62. The van der Waals surface area contributed by atoms with Crippen LogP contribution >= 0.6 is 0 Å². The second-order valence-electron chi connectivity index (χ2n) is 6.27. The number of carbonyl (C=O) groups is 2. The fraction of sp³-hybridized carbons (Fsp3) is 0.529. The van der Waals surface area contributed by atoms with Gasteiger partial charge in [0.1, 0.15) is 11.5 Å². The average molecular weight is 416 g/mol. The normalized spacial score (nSPS) is 16.5. The van der Waals surface area contributed by atoms with Gasteiger partial charge < -0.3 is 9.47 Å². The zero-order valence-corrected chi connectivity index (χ0v) is 14.2. The zero-order valence-electron chi connectivity index (χ0n) is 14.2. The molecule has 28 heavy (non-hydrogen) atoms. The first-order valence-electron chi connectivity index (χ1n) is 8.22. The number of benzene rings is 1. The van der Waals surface area contributed by atoms with E-state index >= 15 is 0 Å². The number of rotatable bonds is 5. The number of alkyl halides is 7. The average Bonchev–Trinajstić information content (AvgIpc) is 2.61. The van der Waals surface area contributed by atoms with E-state index in [9.17, 15) is 40.3 Å². The molecule has 0 unspecified atom stereocenters. The molecule has 0 spiro atoms. The van der Waals surface area contributed by atoms with Gasteiger partial charge in [0, 0.05) is 6.07 Å². The van der Waals surface area contributed by atoms with E-state index in [0.29, 0.717) is 12.8 Å². The molecule has 11 heteroatoms. The number of esters is 2. The van der Waals surface area contributed by atoms with Gasteiger partial charge in [-0.3, -0.25) is 4.79 Å². The lowest BCUT2D eigenvalue weighted by molar-refractivity contribution is -0.346. The summed E-state index contributed by atoms with van der Waals surface area (Å²) in [5.74, 6) is -17.8. The summed E-state index contributed by atoms with van der Waals surface area (Å²) in [6.45, 7) is 0. The van der Waals surface area contributed by atoms with Crippen molar-refractivity contribution < 1.29 is 49.8 Å². The molecule has 4 nitrogen and oxygen atoms in total. The topological polar surface area (TPSA) is 52.6 Å². The van der Waals surface area contributed by atoms with Crippen LogP contribution in [-0.4, -0.2) is 30.0 Å². The summed E-state index contributed by atoms with van der Waals surface area (Å²) in [5.41, 5.74) is 0. The molecule has 1 saturated carbocycles. The Balaban J connectivity index is 2.09. The number of hydrogen-bond acceptors (Lipinski definition) is 4. The SMILES string of the molecule is O=C(Oc1cccc(OC(=O)C(F)(F)C(F)(F)C(F)(F)F)c1)C1CCCCC1. The molecule has 156 valence electrons. The Morgan fingerprint density at radius 2 is 1.39 bits per heavy atom. The highest BCUT2D eigenvalue weighted by molar-refractivity contribution is 5.81. The van der Waals surface area contributed by atoms with E-state index in [-0.39, 0.29) is 11.7 Å². The van der Waals surface area contributed by atoms with Crippen LogP contribution in [-0.2, 0) is 9.59 Å². The van der Waals surface area contributed by atoms with Crippen molar-refractivity contribution in [3.05, 3.63) is 24.3 Å². The summed E-state index contributed by atoms with van der Waals surface area (Å²) in [5, 5.41) is 0. The predicted molar refractivity (Wildman–Crippen MR) is 80.2 cm³/mol. The van der Waals surface area contributed by atoms with Crippen LogP contribution in [0.2, 0.25) is 0 Å². The Morgan fingerprint density at radius 1 is 0.857 bits per heavy atom. The first-order valence-corrected chi connectivity index (χ1v) is 8.22. The molecule has 1 fully saturated rings. The van der Waals surface area contributed by atoms with Gasteiger partial charge in [-0.15, -0.1) is 0 Å². The minimum atomic E-state index is -6.66. The Hall–Kier alpha value is -2.33. The van der Waals surface area contributed by atoms with Crippen molar-refractivity contribution >= 4 is 11.9 Å². The maximum Gasteiger partial charge on any atom is 0.460 e. The van der Waals surface area contributed by atoms with Gasteiger partial charge in [-0.2, -0.15) is 30.7 Å². The van der Waals surface area contributed by atoms with Crippen LogP contribution in [0.1, 0.15) is 32.1 Å². The van der Waals surface area contributed by atoms with Gasteiger partial charge in [0.25, 0.3) is 0 Å². The van der Waals surface area contributed by atoms with Crippen molar-refractivity contribution in [3.63, 3.8) is 0 Å². The number of ether oxygens (including phenoxy) is 2. The van der Waals surface area contributed by atoms with Crippen LogP contribution in [0.4, 0.5) is 30.7 Å². The van der Waals surface area contributed by atoms with E-state index in [2.05, 4.69) is 4.74 Å². The van der Waals surface area contributed by atoms with E-state index < -0.39 is 35.7 Å². The molecule has 0 amide bonds. The summed E-state index contributed by atoms with van der Waals surface area (Å²) >= 11 is 0. The third kappa shape index (κ3) is 4.56. The van der Waals surface area contributed by atoms with Crippen molar-refractivity contribution in [2.45, 2.75) is 50.1 Å². The molecule has 0 aliphatic heterocycles. The molecule has 1 aliphatic rings. The maximum absolute atomic E-state index is 13.3. The van der Waals surface area contributed by atoms with Gasteiger partial charge in [-0.05, 0) is 25.0 Å². The first-order chi connectivity index (χ1) is 12.9. The van der Waals surface area contributed by atoms with Crippen molar-refractivity contribution in [3.8, 4) is 11.5 Å². The van der Waals surface area contributed by atoms with Crippen molar-refractivity contribution in [1.82, 2.24) is 0 Å². The lowest BCUT2D eigenvalue weighted by atomic mass is 9.89. The van der Waals surface area contributed by atoms with Crippen LogP contribution in [0.15, 0.2) is 24.3 Å². The quantitative estimate of drug-likeness (QED) is 0.389. The van der Waals surface area contributed by atoms with Gasteiger partial charge in [0.2, 0.25) is 0 Å². The largest absolute Gasteiger partial charge is 0.460 e. The van der Waals surface area contributed by atoms with Gasteiger partial charge in [-0.1, -0.05) is 25.3 Å². The minimum absolute atomic E-state index is 0.230. The second kappa shape index (κ2) is 7.96. The standard InChI is InChI=1S/C17H15F7O4/c18-15(19,16(20,21)17(22,23)24)14(26)28-12-8-4-7-11(9-12)27-13(25)10-5-2-1-3-6-10/h4,7-10H,1-3,5-6H2. The highest BCUT2D eigenvalue weighted by Crippen LogP contribution is 2.47. The summed E-state index contributed by atoms with van der Waals surface area (Å²) in [7, 11) is 0. The van der Waals surface area contributed by atoms with Crippen molar-refractivity contribution in [2.75, 3.05) is 0 Å². The highest BCUT2D eigenvalue weighted by atomic mass is 19.4. The molecule has 0 atom stereocenters. The van der Waals surface area contributed by atoms with Gasteiger partial charge in [0.15, 0.2) is 0 Å². The summed E-state index contributed by atoms with van der Waals surface area (Å²) < 4.78 is 97.7. The molecule has 1 aromatic carbocycles. The van der Waals surface area contributed by atoms with Crippen LogP contribution < -0.4 is 9.47 Å². The Bertz CT molecular complexity index is 724. The van der Waals surface area contributed by atoms with Crippen LogP contribution in [0.5, 0.6) is 11.5 Å². The Kier molecular flexibility index (Phi) is 6.24. The molecule has 0 heterocycles. The van der Waals surface area contributed by atoms with Crippen molar-refractivity contribution in [1.29, 1.82) is 0 Å². The third-order valence-electron chi connectivity index (χ3n) is 4.18. The van der Waals surface area contributed by atoms with Crippen LogP contribution in [0, 0.1) is 5.92 Å². The zero-order chi connectivity index (χ0) is 21.2. The van der Waals surface area contributed by atoms with E-state index in [0.717, 1.165) is 37.5 Å². The highest BCUT2D eigenvalue weighted by Gasteiger charge is 2.77. The maximum atomic E-state index is 13.3. The number of carbonyl (C=O) groups excluding carboxylic acids is 2. The number of hydrogen-bond donors (Lipinski definition) is 0. The summed E-state index contributed by atoms with van der Waals surface area (Å²) in [6.07, 6.45) is -2.81. The monoisotopic (exact) mass is 416 g/mol. The van der Waals surface area contributed by atoms with E-state index in [1.165, 1.54) is 6.07 Å². The Labute approximate surface area is 154 Å². The lowest BCUT2D eigenvalue weighted by Gasteiger charge is -2.26. The molecule has 1 aromatic rings. The molecule has 0 bridgehead atoms. The second-order valence-corrected chi connectivity index (χ2v) is 6.27. The molecular weight excluding hydrogens is 401 g/mol. The molecule has 2 rings (SSSR count). The van der Waals surface area contributed by atoms with E-state index in [1.807, 2.05) is 0 Å². The molecule has 0 radical (unpaired) electrons. The number of halogens is 7. The molecule has 0 aromatic heterocycles. The molecule has 0 saturated heterocycles. The lowest BCUT2D eigenvalue weighted by Crippen LogP contribution is -2.57.